The second-order valence-corrected chi connectivity index (χ2v) is 7.30. The summed E-state index contributed by atoms with van der Waals surface area (Å²) in [6.45, 7) is 3.56. The molecule has 0 saturated heterocycles. The van der Waals surface area contributed by atoms with Crippen molar-refractivity contribution < 1.29 is 13.6 Å². The summed E-state index contributed by atoms with van der Waals surface area (Å²) in [6.07, 6.45) is 0. The van der Waals surface area contributed by atoms with Gasteiger partial charge in [0.2, 0.25) is 11.1 Å². The number of nitrogens with one attached hydrogen (secondary N) is 2. The number of H-pyrrole nitrogens is 1. The number of halogens is 2. The minimum atomic E-state index is -0.461. The Kier molecular flexibility index (Phi) is 5.85. The summed E-state index contributed by atoms with van der Waals surface area (Å²) in [5, 5.41) is 9.50. The number of aromatic nitrogens is 3. The van der Waals surface area contributed by atoms with Gasteiger partial charge in [0.25, 0.3) is 0 Å². The van der Waals surface area contributed by atoms with Gasteiger partial charge in [0.1, 0.15) is 11.6 Å². The molecule has 1 amide bonds. The second-order valence-electron chi connectivity index (χ2n) is 5.99. The van der Waals surface area contributed by atoms with Crippen LogP contribution in [0, 0.1) is 11.6 Å². The molecule has 1 aromatic heterocycles. The van der Waals surface area contributed by atoms with Crippen LogP contribution in [0.15, 0.2) is 53.7 Å². The highest BCUT2D eigenvalue weighted by molar-refractivity contribution is 8.00. The van der Waals surface area contributed by atoms with Crippen molar-refractivity contribution in [1.29, 1.82) is 0 Å². The second kappa shape index (κ2) is 8.30. The van der Waals surface area contributed by atoms with Gasteiger partial charge in [0.05, 0.1) is 16.9 Å². The SMILES string of the molecule is CC(Sc1n[nH]c(-c2ccccc2F)n1)C(=O)NC(C)c1ccc(F)cc1. The number of carbonyl (C=O) groups excluding carboxylic acids is 1. The van der Waals surface area contributed by atoms with Crippen LogP contribution in [0.25, 0.3) is 11.4 Å². The molecule has 0 aliphatic heterocycles. The van der Waals surface area contributed by atoms with Crippen molar-refractivity contribution >= 4 is 17.7 Å². The Bertz CT molecular complexity index is 929. The first kappa shape index (κ1) is 19.0. The van der Waals surface area contributed by atoms with Gasteiger partial charge in [0.15, 0.2) is 5.82 Å². The van der Waals surface area contributed by atoms with Crippen LogP contribution < -0.4 is 5.32 Å². The third kappa shape index (κ3) is 4.71. The van der Waals surface area contributed by atoms with Crippen LogP contribution in [0.1, 0.15) is 25.5 Å². The molecule has 3 rings (SSSR count). The van der Waals surface area contributed by atoms with Crippen LogP contribution >= 0.6 is 11.8 Å². The number of carbonyl (C=O) groups is 1. The number of aromatic amines is 1. The Hall–Kier alpha value is -2.74. The number of hydrogen-bond acceptors (Lipinski definition) is 4. The normalized spacial score (nSPS) is 13.2. The molecule has 0 fully saturated rings. The number of thioether (sulfide) groups is 1. The highest BCUT2D eigenvalue weighted by Gasteiger charge is 2.20. The van der Waals surface area contributed by atoms with E-state index >= 15 is 0 Å². The van der Waals surface area contributed by atoms with Crippen LogP contribution in [-0.4, -0.2) is 26.3 Å². The van der Waals surface area contributed by atoms with Crippen molar-refractivity contribution in [2.24, 2.45) is 0 Å². The molecule has 2 aromatic carbocycles. The summed E-state index contributed by atoms with van der Waals surface area (Å²) in [5.41, 5.74) is 1.13. The lowest BCUT2D eigenvalue weighted by molar-refractivity contribution is -0.120. The molecule has 2 N–H and O–H groups in total. The fraction of sp³-hybridized carbons (Fsp3) is 0.211. The summed E-state index contributed by atoms with van der Waals surface area (Å²) in [6, 6.07) is 12.0. The van der Waals surface area contributed by atoms with Crippen LogP contribution in [0.3, 0.4) is 0 Å². The van der Waals surface area contributed by atoms with Gasteiger partial charge in [-0.05, 0) is 43.7 Å². The molecular formula is C19H18F2N4OS. The number of benzene rings is 2. The average molecular weight is 388 g/mol. The summed E-state index contributed by atoms with van der Waals surface area (Å²) in [4.78, 5) is 16.6. The molecular weight excluding hydrogens is 370 g/mol. The van der Waals surface area contributed by atoms with Crippen molar-refractivity contribution in [2.45, 2.75) is 30.3 Å². The molecule has 0 aliphatic rings. The van der Waals surface area contributed by atoms with Gasteiger partial charge in [-0.15, -0.1) is 5.10 Å². The van der Waals surface area contributed by atoms with Crippen molar-refractivity contribution in [1.82, 2.24) is 20.5 Å². The van der Waals surface area contributed by atoms with Gasteiger partial charge in [-0.2, -0.15) is 0 Å². The van der Waals surface area contributed by atoms with E-state index in [9.17, 15) is 13.6 Å². The van der Waals surface area contributed by atoms with Crippen LogP contribution in [0.2, 0.25) is 0 Å². The zero-order chi connectivity index (χ0) is 19.4. The summed E-state index contributed by atoms with van der Waals surface area (Å²) in [7, 11) is 0. The fourth-order valence-corrected chi connectivity index (χ4v) is 3.18. The van der Waals surface area contributed by atoms with Gasteiger partial charge in [-0.3, -0.25) is 9.89 Å². The zero-order valence-electron chi connectivity index (χ0n) is 14.7. The molecule has 1 heterocycles. The summed E-state index contributed by atoms with van der Waals surface area (Å²) < 4.78 is 26.8. The van der Waals surface area contributed by atoms with E-state index in [-0.39, 0.29) is 17.8 Å². The van der Waals surface area contributed by atoms with Crippen LogP contribution in [-0.2, 0) is 4.79 Å². The quantitative estimate of drug-likeness (QED) is 0.624. The molecule has 27 heavy (non-hydrogen) atoms. The van der Waals surface area contributed by atoms with Gasteiger partial charge < -0.3 is 5.32 Å². The first-order chi connectivity index (χ1) is 12.9. The lowest BCUT2D eigenvalue weighted by Crippen LogP contribution is -2.33. The average Bonchev–Trinajstić information content (AvgIpc) is 3.10. The Morgan fingerprint density at radius 2 is 1.81 bits per heavy atom. The van der Waals surface area contributed by atoms with E-state index in [0.717, 1.165) is 17.3 Å². The lowest BCUT2D eigenvalue weighted by Gasteiger charge is -2.17. The minimum Gasteiger partial charge on any atom is -0.349 e. The fourth-order valence-electron chi connectivity index (χ4n) is 2.45. The standard InChI is InChI=1S/C19H18F2N4OS/c1-11(13-7-9-14(20)10-8-13)22-18(26)12(2)27-19-23-17(24-25-19)15-5-3-4-6-16(15)21/h3-12H,1-2H3,(H,22,26)(H,23,24,25). The van der Waals surface area contributed by atoms with E-state index in [1.54, 1.807) is 37.3 Å². The van der Waals surface area contributed by atoms with Crippen molar-refractivity contribution in [2.75, 3.05) is 0 Å². The highest BCUT2D eigenvalue weighted by Crippen LogP contribution is 2.24. The zero-order valence-corrected chi connectivity index (χ0v) is 15.6. The first-order valence-corrected chi connectivity index (χ1v) is 9.22. The molecule has 140 valence electrons. The van der Waals surface area contributed by atoms with Gasteiger partial charge in [0, 0.05) is 0 Å². The van der Waals surface area contributed by atoms with E-state index < -0.39 is 11.1 Å². The molecule has 0 radical (unpaired) electrons. The van der Waals surface area contributed by atoms with Crippen molar-refractivity contribution in [3.05, 3.63) is 65.7 Å². The molecule has 0 bridgehead atoms. The Balaban J connectivity index is 1.61. The maximum atomic E-state index is 13.8. The smallest absolute Gasteiger partial charge is 0.233 e. The largest absolute Gasteiger partial charge is 0.349 e. The Morgan fingerprint density at radius 1 is 1.11 bits per heavy atom. The Labute approximate surface area is 159 Å². The molecule has 8 heteroatoms. The van der Waals surface area contributed by atoms with Gasteiger partial charge >= 0.3 is 0 Å². The third-order valence-electron chi connectivity index (χ3n) is 3.97. The van der Waals surface area contributed by atoms with Crippen LogP contribution in [0.5, 0.6) is 0 Å². The van der Waals surface area contributed by atoms with Gasteiger partial charge in [-0.1, -0.05) is 36.0 Å². The maximum absolute atomic E-state index is 13.8. The third-order valence-corrected chi connectivity index (χ3v) is 4.94. The number of rotatable bonds is 6. The predicted molar refractivity (Wildman–Crippen MR) is 100 cm³/mol. The van der Waals surface area contributed by atoms with E-state index in [0.29, 0.717) is 16.5 Å². The molecule has 2 atom stereocenters. The summed E-state index contributed by atoms with van der Waals surface area (Å²) >= 11 is 1.16. The first-order valence-electron chi connectivity index (χ1n) is 8.34. The van der Waals surface area contributed by atoms with E-state index in [2.05, 4.69) is 20.5 Å². The monoisotopic (exact) mass is 388 g/mol. The lowest BCUT2D eigenvalue weighted by atomic mass is 10.1. The molecule has 2 unspecified atom stereocenters. The van der Waals surface area contributed by atoms with E-state index in [4.69, 9.17) is 0 Å². The van der Waals surface area contributed by atoms with Gasteiger partial charge in [-0.25, -0.2) is 13.8 Å². The molecule has 0 spiro atoms. The topological polar surface area (TPSA) is 70.7 Å². The number of hydrogen-bond donors (Lipinski definition) is 2. The number of nitrogens with zero attached hydrogens (tertiary/aromatic N) is 2. The highest BCUT2D eigenvalue weighted by atomic mass is 32.2. The van der Waals surface area contributed by atoms with E-state index in [1.165, 1.54) is 18.2 Å². The Morgan fingerprint density at radius 3 is 2.52 bits per heavy atom. The van der Waals surface area contributed by atoms with Crippen LogP contribution in [0.4, 0.5) is 8.78 Å². The predicted octanol–water partition coefficient (Wildman–Crippen LogP) is 4.11. The molecule has 5 nitrogen and oxygen atoms in total. The maximum Gasteiger partial charge on any atom is 0.233 e. The summed E-state index contributed by atoms with van der Waals surface area (Å²) in [5.74, 6) is -0.613. The van der Waals surface area contributed by atoms with E-state index in [1.807, 2.05) is 6.92 Å². The molecule has 0 aliphatic carbocycles. The van der Waals surface area contributed by atoms with Crippen molar-refractivity contribution in [3.8, 4) is 11.4 Å². The van der Waals surface area contributed by atoms with Crippen molar-refractivity contribution in [3.63, 3.8) is 0 Å². The molecule has 0 saturated carbocycles. The number of amides is 1. The minimum absolute atomic E-state index is 0.200. The molecule has 3 aromatic rings.